The zero-order chi connectivity index (χ0) is 23.9. The van der Waals surface area contributed by atoms with Gasteiger partial charge in [0.25, 0.3) is 5.56 Å². The lowest BCUT2D eigenvalue weighted by molar-refractivity contribution is -0.113. The number of anilines is 1. The highest BCUT2D eigenvalue weighted by Crippen LogP contribution is 2.30. The second-order valence-corrected chi connectivity index (χ2v) is 11.1. The van der Waals surface area contributed by atoms with Crippen LogP contribution in [0.15, 0.2) is 50.8 Å². The Morgan fingerprint density at radius 1 is 1.09 bits per heavy atom. The Morgan fingerprint density at radius 3 is 2.36 bits per heavy atom. The Hall–Kier alpha value is -2.42. The molecule has 0 atom stereocenters. The minimum absolute atomic E-state index is 0.104. The van der Waals surface area contributed by atoms with Crippen molar-refractivity contribution >= 4 is 60.8 Å². The summed E-state index contributed by atoms with van der Waals surface area (Å²) in [5, 5.41) is 4.17. The molecule has 0 fully saturated rings. The molecule has 0 spiro atoms. The Balaban J connectivity index is 1.70. The highest BCUT2D eigenvalue weighted by Gasteiger charge is 2.19. The van der Waals surface area contributed by atoms with E-state index in [4.69, 9.17) is 4.98 Å². The lowest BCUT2D eigenvalue weighted by atomic mass is 10.1. The van der Waals surface area contributed by atoms with Gasteiger partial charge in [-0.3, -0.25) is 14.2 Å². The van der Waals surface area contributed by atoms with Crippen molar-refractivity contribution in [1.29, 1.82) is 0 Å². The maximum Gasteiger partial charge on any atom is 0.267 e. The number of benzene rings is 2. The van der Waals surface area contributed by atoms with Gasteiger partial charge in [0.2, 0.25) is 5.91 Å². The molecule has 33 heavy (non-hydrogen) atoms. The molecule has 0 saturated carbocycles. The van der Waals surface area contributed by atoms with E-state index in [2.05, 4.69) is 21.2 Å². The number of nitrogens with zero attached hydrogens (tertiary/aromatic N) is 2. The normalized spacial score (nSPS) is 11.2. The van der Waals surface area contributed by atoms with E-state index < -0.39 is 0 Å². The van der Waals surface area contributed by atoms with E-state index in [1.165, 1.54) is 23.1 Å². The third kappa shape index (κ3) is 4.78. The molecule has 4 rings (SSSR count). The SMILES string of the molecule is Cc1ccc(-n2c(SCC(=O)Nc3c(C)cc(Br)cc3C)nc3sc(C)c(C)c3c2=O)cc1. The first kappa shape index (κ1) is 23.7. The molecule has 0 unspecified atom stereocenters. The number of carbonyl (C=O) groups excluding carboxylic acids is 1. The number of hydrogen-bond donors (Lipinski definition) is 1. The molecule has 5 nitrogen and oxygen atoms in total. The number of aromatic nitrogens is 2. The van der Waals surface area contributed by atoms with Crippen LogP contribution in [0, 0.1) is 34.6 Å². The Labute approximate surface area is 209 Å². The molecule has 2 aromatic heterocycles. The summed E-state index contributed by atoms with van der Waals surface area (Å²) in [5.74, 6) is -0.000828. The standard InChI is InChI=1S/C25H24BrN3O2S2/c1-13-6-8-19(9-7-13)29-24(31)21-16(4)17(5)33-23(21)28-25(29)32-12-20(30)27-22-14(2)10-18(26)11-15(22)3/h6-11H,12H2,1-5H3,(H,27,30). The molecule has 2 aromatic carbocycles. The fourth-order valence-corrected chi connectivity index (χ4v) is 6.28. The predicted molar refractivity (Wildman–Crippen MR) is 142 cm³/mol. The summed E-state index contributed by atoms with van der Waals surface area (Å²) in [7, 11) is 0. The second kappa shape index (κ2) is 9.44. The van der Waals surface area contributed by atoms with Gasteiger partial charge >= 0.3 is 0 Å². The number of amides is 1. The van der Waals surface area contributed by atoms with Crippen LogP contribution in [0.4, 0.5) is 5.69 Å². The van der Waals surface area contributed by atoms with Crippen molar-refractivity contribution in [3.05, 3.63) is 78.4 Å². The first-order valence-corrected chi connectivity index (χ1v) is 13.0. The van der Waals surface area contributed by atoms with Gasteiger partial charge in [0.1, 0.15) is 4.83 Å². The number of fused-ring (bicyclic) bond motifs is 1. The minimum Gasteiger partial charge on any atom is -0.325 e. The Morgan fingerprint density at radius 2 is 1.73 bits per heavy atom. The molecule has 4 aromatic rings. The van der Waals surface area contributed by atoms with Gasteiger partial charge in [-0.1, -0.05) is 45.4 Å². The third-order valence-corrected chi connectivity index (χ3v) is 8.06. The van der Waals surface area contributed by atoms with Crippen molar-refractivity contribution in [2.75, 3.05) is 11.1 Å². The third-order valence-electron chi connectivity index (χ3n) is 5.56. The number of hydrogen-bond acceptors (Lipinski definition) is 5. The van der Waals surface area contributed by atoms with Gasteiger partial charge in [-0.05, 0) is 75.6 Å². The molecule has 0 radical (unpaired) electrons. The number of halogens is 1. The summed E-state index contributed by atoms with van der Waals surface area (Å²) in [5.41, 5.74) is 5.49. The molecule has 170 valence electrons. The van der Waals surface area contributed by atoms with E-state index >= 15 is 0 Å². The average Bonchev–Trinajstić information content (AvgIpc) is 3.04. The summed E-state index contributed by atoms with van der Waals surface area (Å²) >= 11 is 6.27. The van der Waals surface area contributed by atoms with Crippen molar-refractivity contribution < 1.29 is 4.79 Å². The van der Waals surface area contributed by atoms with E-state index in [0.29, 0.717) is 15.4 Å². The number of thiophene rings is 1. The van der Waals surface area contributed by atoms with Gasteiger partial charge in [-0.25, -0.2) is 4.98 Å². The van der Waals surface area contributed by atoms with Crippen LogP contribution < -0.4 is 10.9 Å². The monoisotopic (exact) mass is 541 g/mol. The summed E-state index contributed by atoms with van der Waals surface area (Å²) in [6, 6.07) is 11.7. The van der Waals surface area contributed by atoms with Crippen LogP contribution in [0.2, 0.25) is 0 Å². The van der Waals surface area contributed by atoms with Crippen LogP contribution in [0.25, 0.3) is 15.9 Å². The molecule has 1 amide bonds. The van der Waals surface area contributed by atoms with Crippen molar-refractivity contribution in [1.82, 2.24) is 9.55 Å². The van der Waals surface area contributed by atoms with Crippen LogP contribution in [0.5, 0.6) is 0 Å². The fraction of sp³-hybridized carbons (Fsp3) is 0.240. The van der Waals surface area contributed by atoms with Gasteiger partial charge in [-0.2, -0.15) is 0 Å². The zero-order valence-corrected chi connectivity index (χ0v) is 22.3. The van der Waals surface area contributed by atoms with Gasteiger partial charge < -0.3 is 5.32 Å². The maximum absolute atomic E-state index is 13.5. The number of rotatable bonds is 5. The first-order valence-electron chi connectivity index (χ1n) is 10.4. The van der Waals surface area contributed by atoms with Crippen LogP contribution in [-0.4, -0.2) is 21.2 Å². The lowest BCUT2D eigenvalue weighted by Gasteiger charge is -2.14. The largest absolute Gasteiger partial charge is 0.325 e. The minimum atomic E-state index is -0.142. The molecule has 0 aliphatic rings. The Kier molecular flexibility index (Phi) is 6.79. The smallest absolute Gasteiger partial charge is 0.267 e. The van der Waals surface area contributed by atoms with Gasteiger partial charge in [0, 0.05) is 15.0 Å². The molecule has 0 saturated heterocycles. The average molecular weight is 543 g/mol. The number of nitrogens with one attached hydrogen (secondary N) is 1. The molecule has 8 heteroatoms. The maximum atomic E-state index is 13.5. The molecular formula is C25H24BrN3O2S2. The van der Waals surface area contributed by atoms with E-state index in [1.807, 2.05) is 71.0 Å². The van der Waals surface area contributed by atoms with Crippen molar-refractivity contribution in [2.24, 2.45) is 0 Å². The quantitative estimate of drug-likeness (QED) is 0.232. The van der Waals surface area contributed by atoms with Crippen LogP contribution in [-0.2, 0) is 4.79 Å². The summed E-state index contributed by atoms with van der Waals surface area (Å²) in [6.45, 7) is 9.89. The van der Waals surface area contributed by atoms with Crippen LogP contribution >= 0.6 is 39.0 Å². The van der Waals surface area contributed by atoms with Crippen LogP contribution in [0.3, 0.4) is 0 Å². The van der Waals surface area contributed by atoms with Gasteiger partial charge in [-0.15, -0.1) is 11.3 Å². The molecular weight excluding hydrogens is 518 g/mol. The summed E-state index contributed by atoms with van der Waals surface area (Å²) in [4.78, 5) is 32.9. The number of thioether (sulfide) groups is 1. The van der Waals surface area contributed by atoms with Crippen molar-refractivity contribution in [3.8, 4) is 5.69 Å². The van der Waals surface area contributed by atoms with Crippen molar-refractivity contribution in [3.63, 3.8) is 0 Å². The van der Waals surface area contributed by atoms with Gasteiger partial charge in [0.05, 0.1) is 16.8 Å². The molecule has 0 bridgehead atoms. The Bertz CT molecular complexity index is 1420. The zero-order valence-electron chi connectivity index (χ0n) is 19.1. The van der Waals surface area contributed by atoms with Crippen molar-refractivity contribution in [2.45, 2.75) is 39.8 Å². The van der Waals surface area contributed by atoms with Gasteiger partial charge in [0.15, 0.2) is 5.16 Å². The topological polar surface area (TPSA) is 64.0 Å². The van der Waals surface area contributed by atoms with E-state index in [0.717, 1.165) is 43.0 Å². The second-order valence-electron chi connectivity index (χ2n) is 8.09. The number of aryl methyl sites for hydroxylation is 5. The number of carbonyl (C=O) groups is 1. The van der Waals surface area contributed by atoms with E-state index in [-0.39, 0.29) is 17.2 Å². The highest BCUT2D eigenvalue weighted by molar-refractivity contribution is 9.10. The van der Waals surface area contributed by atoms with E-state index in [1.54, 1.807) is 4.57 Å². The predicted octanol–water partition coefficient (Wildman–Crippen LogP) is 6.48. The molecule has 0 aliphatic heterocycles. The molecule has 1 N–H and O–H groups in total. The highest BCUT2D eigenvalue weighted by atomic mass is 79.9. The molecule has 2 heterocycles. The first-order chi connectivity index (χ1) is 15.7. The summed E-state index contributed by atoms with van der Waals surface area (Å²) < 4.78 is 2.60. The van der Waals surface area contributed by atoms with E-state index in [9.17, 15) is 9.59 Å². The lowest BCUT2D eigenvalue weighted by Crippen LogP contribution is -2.23. The van der Waals surface area contributed by atoms with Crippen LogP contribution in [0.1, 0.15) is 27.1 Å². The molecule has 0 aliphatic carbocycles. The fourth-order valence-electron chi connectivity index (χ4n) is 3.71. The summed E-state index contributed by atoms with van der Waals surface area (Å²) in [6.07, 6.45) is 0.